The van der Waals surface area contributed by atoms with Gasteiger partial charge >= 0.3 is 5.97 Å². The summed E-state index contributed by atoms with van der Waals surface area (Å²) in [5.74, 6) is -0.900. The van der Waals surface area contributed by atoms with Crippen LogP contribution in [-0.4, -0.2) is 29.2 Å². The molecular formula is C15H20N4O4. The van der Waals surface area contributed by atoms with Crippen molar-refractivity contribution >= 4 is 23.5 Å². The molecule has 6 N–H and O–H groups in total. The third kappa shape index (κ3) is 4.60. The number of carbonyl (C=O) groups excluding carboxylic acids is 1. The second-order valence-corrected chi connectivity index (χ2v) is 5.41. The number of nitrogens with two attached hydrogens (primary N) is 2. The van der Waals surface area contributed by atoms with E-state index in [4.69, 9.17) is 21.3 Å². The first-order valence-electron chi connectivity index (χ1n) is 7.26. The lowest BCUT2D eigenvalue weighted by Crippen LogP contribution is -2.30. The minimum absolute atomic E-state index is 0.0366. The Balaban J connectivity index is 2.10. The predicted molar refractivity (Wildman–Crippen MR) is 85.0 cm³/mol. The van der Waals surface area contributed by atoms with Crippen molar-refractivity contribution < 1.29 is 19.4 Å². The van der Waals surface area contributed by atoms with Crippen molar-refractivity contribution in [2.75, 3.05) is 5.32 Å². The number of nitrogens with one attached hydrogen (secondary N) is 1. The van der Waals surface area contributed by atoms with Crippen LogP contribution in [0.1, 0.15) is 25.3 Å². The zero-order chi connectivity index (χ0) is 17.0. The lowest BCUT2D eigenvalue weighted by atomic mass is 9.89. The van der Waals surface area contributed by atoms with Gasteiger partial charge in [-0.1, -0.05) is 0 Å². The van der Waals surface area contributed by atoms with Crippen molar-refractivity contribution in [1.82, 2.24) is 0 Å². The number of amides is 1. The van der Waals surface area contributed by atoms with Crippen LogP contribution in [0.2, 0.25) is 0 Å². The summed E-state index contributed by atoms with van der Waals surface area (Å²) >= 11 is 0. The summed E-state index contributed by atoms with van der Waals surface area (Å²) in [4.78, 5) is 26.5. The van der Waals surface area contributed by atoms with Gasteiger partial charge in [0.1, 0.15) is 5.75 Å². The zero-order valence-electron chi connectivity index (χ0n) is 12.8. The summed E-state index contributed by atoms with van der Waals surface area (Å²) in [6.07, 6.45) is 0.211. The van der Waals surface area contributed by atoms with E-state index in [2.05, 4.69) is 10.3 Å². The lowest BCUT2D eigenvalue weighted by molar-refractivity contribution is -0.137. The zero-order valence-corrected chi connectivity index (χ0v) is 12.8. The molecule has 1 heterocycles. The number of hydrogen-bond acceptors (Lipinski definition) is 4. The quantitative estimate of drug-likeness (QED) is 0.448. The van der Waals surface area contributed by atoms with Crippen LogP contribution in [0.4, 0.5) is 5.69 Å². The number of ether oxygens (including phenoxy) is 1. The number of carboxylic acids is 1. The minimum Gasteiger partial charge on any atom is -0.481 e. The molecule has 8 heteroatoms. The lowest BCUT2D eigenvalue weighted by Gasteiger charge is -2.25. The summed E-state index contributed by atoms with van der Waals surface area (Å²) in [6, 6.07) is 5.27. The second-order valence-electron chi connectivity index (χ2n) is 5.41. The maximum Gasteiger partial charge on any atom is 0.303 e. The summed E-state index contributed by atoms with van der Waals surface area (Å²) in [6.45, 7) is 1.70. The first-order chi connectivity index (χ1) is 10.8. The van der Waals surface area contributed by atoms with Crippen LogP contribution in [0.5, 0.6) is 5.75 Å². The van der Waals surface area contributed by atoms with Gasteiger partial charge in [-0.25, -0.2) is 4.99 Å². The van der Waals surface area contributed by atoms with Gasteiger partial charge in [-0.15, -0.1) is 0 Å². The molecule has 0 bridgehead atoms. The van der Waals surface area contributed by atoms with Gasteiger partial charge in [0.25, 0.3) is 0 Å². The van der Waals surface area contributed by atoms with Crippen molar-refractivity contribution in [2.24, 2.45) is 22.4 Å². The first kappa shape index (κ1) is 16.6. The smallest absolute Gasteiger partial charge is 0.303 e. The fourth-order valence-corrected chi connectivity index (χ4v) is 2.49. The number of carbonyl (C=O) groups is 2. The maximum atomic E-state index is 12.0. The van der Waals surface area contributed by atoms with Crippen LogP contribution in [0.15, 0.2) is 23.2 Å². The van der Waals surface area contributed by atoms with Gasteiger partial charge in [-0.3, -0.25) is 9.59 Å². The van der Waals surface area contributed by atoms with E-state index in [0.29, 0.717) is 24.3 Å². The van der Waals surface area contributed by atoms with E-state index in [1.807, 2.05) is 0 Å². The molecule has 124 valence electrons. The molecule has 0 saturated carbocycles. The molecule has 0 aliphatic carbocycles. The van der Waals surface area contributed by atoms with Gasteiger partial charge in [0.15, 0.2) is 12.2 Å². The molecule has 1 aliphatic rings. The number of aliphatic imine (C=N–C) groups is 1. The molecule has 8 nitrogen and oxygen atoms in total. The number of nitrogens with zero attached hydrogens (tertiary/aromatic N) is 1. The molecule has 0 fully saturated rings. The Morgan fingerprint density at radius 2 is 2.26 bits per heavy atom. The van der Waals surface area contributed by atoms with Gasteiger partial charge in [-0.05, 0) is 43.5 Å². The first-order valence-corrected chi connectivity index (χ1v) is 7.26. The van der Waals surface area contributed by atoms with Gasteiger partial charge < -0.3 is 26.6 Å². The van der Waals surface area contributed by atoms with E-state index in [-0.39, 0.29) is 24.2 Å². The molecular weight excluding hydrogens is 300 g/mol. The van der Waals surface area contributed by atoms with E-state index in [0.717, 1.165) is 5.56 Å². The molecule has 2 unspecified atom stereocenters. The number of anilines is 1. The number of carboxylic acid groups (broad SMARTS) is 1. The van der Waals surface area contributed by atoms with Gasteiger partial charge in [-0.2, -0.15) is 0 Å². The van der Waals surface area contributed by atoms with Crippen LogP contribution >= 0.6 is 0 Å². The Labute approximate surface area is 133 Å². The SMILES string of the molecule is CC(N=C(N)N)Oc1ccc2c(c1)CC(CCC(=O)O)C(=O)N2. The van der Waals surface area contributed by atoms with Crippen molar-refractivity contribution in [3.8, 4) is 5.75 Å². The van der Waals surface area contributed by atoms with Gasteiger partial charge in [0, 0.05) is 18.0 Å². The van der Waals surface area contributed by atoms with Gasteiger partial charge in [0.05, 0.1) is 0 Å². The molecule has 0 saturated heterocycles. The van der Waals surface area contributed by atoms with E-state index in [9.17, 15) is 9.59 Å². The molecule has 0 radical (unpaired) electrons. The molecule has 0 spiro atoms. The van der Waals surface area contributed by atoms with Crippen LogP contribution in [0.25, 0.3) is 0 Å². The monoisotopic (exact) mass is 320 g/mol. The van der Waals surface area contributed by atoms with E-state index in [1.165, 1.54) is 0 Å². The summed E-state index contributed by atoms with van der Waals surface area (Å²) in [5.41, 5.74) is 12.2. The van der Waals surface area contributed by atoms with Crippen molar-refractivity contribution in [3.63, 3.8) is 0 Å². The Kier molecular flexibility index (Phi) is 5.05. The number of rotatable bonds is 6. The molecule has 2 atom stereocenters. The number of hydrogen-bond donors (Lipinski definition) is 4. The number of aliphatic carboxylic acids is 1. The molecule has 1 aromatic carbocycles. The molecule has 1 aliphatic heterocycles. The van der Waals surface area contributed by atoms with Crippen molar-refractivity contribution in [2.45, 2.75) is 32.4 Å². The average Bonchev–Trinajstić information content (AvgIpc) is 2.44. The van der Waals surface area contributed by atoms with Gasteiger partial charge in [0.2, 0.25) is 5.91 Å². The molecule has 23 heavy (non-hydrogen) atoms. The maximum absolute atomic E-state index is 12.0. The molecule has 2 rings (SSSR count). The third-order valence-electron chi connectivity index (χ3n) is 3.52. The van der Waals surface area contributed by atoms with Crippen LogP contribution in [0, 0.1) is 5.92 Å². The summed E-state index contributed by atoms with van der Waals surface area (Å²) in [5, 5.41) is 11.5. The normalized spacial score (nSPS) is 17.6. The van der Waals surface area contributed by atoms with Crippen LogP contribution < -0.4 is 21.5 Å². The topological polar surface area (TPSA) is 140 Å². The largest absolute Gasteiger partial charge is 0.481 e. The Hall–Kier alpha value is -2.77. The Bertz CT molecular complexity index is 640. The highest BCUT2D eigenvalue weighted by atomic mass is 16.5. The highest BCUT2D eigenvalue weighted by Gasteiger charge is 2.26. The van der Waals surface area contributed by atoms with E-state index in [1.54, 1.807) is 25.1 Å². The average molecular weight is 320 g/mol. The minimum atomic E-state index is -0.910. The second kappa shape index (κ2) is 6.99. The third-order valence-corrected chi connectivity index (χ3v) is 3.52. The van der Waals surface area contributed by atoms with E-state index < -0.39 is 12.2 Å². The Morgan fingerprint density at radius 3 is 2.91 bits per heavy atom. The number of fused-ring (bicyclic) bond motifs is 1. The molecule has 0 aromatic heterocycles. The van der Waals surface area contributed by atoms with Crippen molar-refractivity contribution in [3.05, 3.63) is 23.8 Å². The number of benzene rings is 1. The van der Waals surface area contributed by atoms with Crippen LogP contribution in [0.3, 0.4) is 0 Å². The molecule has 1 aromatic rings. The fourth-order valence-electron chi connectivity index (χ4n) is 2.49. The highest BCUT2D eigenvalue weighted by Crippen LogP contribution is 2.31. The summed E-state index contributed by atoms with van der Waals surface area (Å²) < 4.78 is 5.60. The molecule has 1 amide bonds. The van der Waals surface area contributed by atoms with Crippen LogP contribution in [-0.2, 0) is 16.0 Å². The highest BCUT2D eigenvalue weighted by molar-refractivity contribution is 5.96. The summed E-state index contributed by atoms with van der Waals surface area (Å²) in [7, 11) is 0. The standard InChI is InChI=1S/C15H20N4O4/c1-8(18-15(16)17)23-11-3-4-12-10(7-11)6-9(14(22)19-12)2-5-13(20)21/h3-4,7-9H,2,5-6H2,1H3,(H,19,22)(H,20,21)(H4,16,17,18). The van der Waals surface area contributed by atoms with E-state index >= 15 is 0 Å². The predicted octanol–water partition coefficient (Wildman–Crippen LogP) is 0.660. The fraction of sp³-hybridized carbons (Fsp3) is 0.400. The Morgan fingerprint density at radius 1 is 1.52 bits per heavy atom. The number of guanidine groups is 1. The van der Waals surface area contributed by atoms with Crippen molar-refractivity contribution in [1.29, 1.82) is 0 Å².